The lowest BCUT2D eigenvalue weighted by atomic mass is 10.2. The number of nitrogens with zero attached hydrogens (tertiary/aromatic N) is 5. The average molecular weight is 313 g/mol. The number of anilines is 1. The number of rotatable bonds is 4. The number of ketones is 1. The first kappa shape index (κ1) is 15.4. The maximum absolute atomic E-state index is 12.3. The number of aromatic nitrogens is 3. The standard InChI is InChI=1S/C16H19N5O2/c1-20(2)7-5-13(22)15-18-12-4-3-6-17-14(12)16(19-15)21-8-10-23-11-9-21/h3-7H,8-11H2,1-2H3/b7-5-. The van der Waals surface area contributed by atoms with Crippen molar-refractivity contribution in [2.45, 2.75) is 0 Å². The zero-order chi connectivity index (χ0) is 16.2. The fourth-order valence-electron chi connectivity index (χ4n) is 2.35. The molecule has 1 fully saturated rings. The van der Waals surface area contributed by atoms with Crippen molar-refractivity contribution < 1.29 is 9.53 Å². The minimum Gasteiger partial charge on any atom is -0.383 e. The van der Waals surface area contributed by atoms with Crippen molar-refractivity contribution in [3.63, 3.8) is 0 Å². The zero-order valence-electron chi connectivity index (χ0n) is 13.3. The Labute approximate surface area is 134 Å². The molecule has 120 valence electrons. The van der Waals surface area contributed by atoms with E-state index in [1.54, 1.807) is 17.3 Å². The first-order valence-corrected chi connectivity index (χ1v) is 7.49. The number of allylic oxidation sites excluding steroid dienone is 1. The molecule has 23 heavy (non-hydrogen) atoms. The Kier molecular flexibility index (Phi) is 4.47. The predicted octanol–water partition coefficient (Wildman–Crippen LogP) is 1.12. The van der Waals surface area contributed by atoms with E-state index in [4.69, 9.17) is 4.74 Å². The number of hydrogen-bond donors (Lipinski definition) is 0. The minimum absolute atomic E-state index is 0.185. The molecule has 0 aliphatic carbocycles. The number of fused-ring (bicyclic) bond motifs is 1. The molecule has 0 unspecified atom stereocenters. The van der Waals surface area contributed by atoms with Gasteiger partial charge in [0.25, 0.3) is 0 Å². The lowest BCUT2D eigenvalue weighted by molar-refractivity contribution is 0.103. The van der Waals surface area contributed by atoms with Crippen LogP contribution in [0.3, 0.4) is 0 Å². The van der Waals surface area contributed by atoms with Crippen molar-refractivity contribution in [3.8, 4) is 0 Å². The van der Waals surface area contributed by atoms with E-state index in [0.29, 0.717) is 30.1 Å². The van der Waals surface area contributed by atoms with E-state index in [-0.39, 0.29) is 11.6 Å². The lowest BCUT2D eigenvalue weighted by Gasteiger charge is -2.28. The summed E-state index contributed by atoms with van der Waals surface area (Å²) >= 11 is 0. The summed E-state index contributed by atoms with van der Waals surface area (Å²) < 4.78 is 5.39. The number of carbonyl (C=O) groups excluding carboxylic acids is 1. The van der Waals surface area contributed by atoms with Gasteiger partial charge in [0.1, 0.15) is 5.52 Å². The van der Waals surface area contributed by atoms with E-state index in [1.165, 1.54) is 6.08 Å². The Bertz CT molecular complexity index is 738. The number of pyridine rings is 1. The van der Waals surface area contributed by atoms with Gasteiger partial charge in [-0.05, 0) is 12.1 Å². The number of morpholine rings is 1. The Hall–Kier alpha value is -2.54. The normalized spacial score (nSPS) is 15.3. The summed E-state index contributed by atoms with van der Waals surface area (Å²) in [5.74, 6) is 0.657. The van der Waals surface area contributed by atoms with Crippen molar-refractivity contribution in [3.05, 3.63) is 36.4 Å². The van der Waals surface area contributed by atoms with Crippen LogP contribution in [-0.4, -0.2) is 66.0 Å². The molecule has 2 aromatic heterocycles. The van der Waals surface area contributed by atoms with E-state index in [1.807, 2.05) is 26.2 Å². The molecule has 2 aromatic rings. The maximum Gasteiger partial charge on any atom is 0.224 e. The quantitative estimate of drug-likeness (QED) is 0.618. The third-order valence-electron chi connectivity index (χ3n) is 3.49. The SMILES string of the molecule is CN(C)/C=C\C(=O)c1nc(N2CCOCC2)c2ncccc2n1. The van der Waals surface area contributed by atoms with Gasteiger partial charge in [-0.2, -0.15) is 0 Å². The van der Waals surface area contributed by atoms with Gasteiger partial charge in [0.2, 0.25) is 11.6 Å². The number of ether oxygens (including phenoxy) is 1. The molecule has 0 amide bonds. The highest BCUT2D eigenvalue weighted by Crippen LogP contribution is 2.22. The Balaban J connectivity index is 2.04. The van der Waals surface area contributed by atoms with Crippen LogP contribution in [0, 0.1) is 0 Å². The molecule has 0 radical (unpaired) electrons. The Morgan fingerprint density at radius 3 is 2.83 bits per heavy atom. The van der Waals surface area contributed by atoms with E-state index in [0.717, 1.165) is 13.1 Å². The zero-order valence-corrected chi connectivity index (χ0v) is 13.3. The van der Waals surface area contributed by atoms with Crippen LogP contribution in [0.15, 0.2) is 30.6 Å². The molecule has 3 rings (SSSR count). The first-order chi connectivity index (χ1) is 11.1. The summed E-state index contributed by atoms with van der Waals surface area (Å²) in [6.45, 7) is 2.73. The molecule has 0 spiro atoms. The molecule has 0 N–H and O–H groups in total. The summed E-state index contributed by atoms with van der Waals surface area (Å²) in [4.78, 5) is 29.4. The summed E-state index contributed by atoms with van der Waals surface area (Å²) in [6.07, 6.45) is 4.87. The smallest absolute Gasteiger partial charge is 0.224 e. The van der Waals surface area contributed by atoms with Crippen LogP contribution < -0.4 is 4.90 Å². The van der Waals surface area contributed by atoms with Crippen LogP contribution in [0.2, 0.25) is 0 Å². The highest BCUT2D eigenvalue weighted by molar-refractivity contribution is 6.03. The van der Waals surface area contributed by atoms with E-state index in [2.05, 4.69) is 19.9 Å². The molecular formula is C16H19N5O2. The molecule has 1 aliphatic heterocycles. The van der Waals surface area contributed by atoms with Crippen LogP contribution in [0.25, 0.3) is 11.0 Å². The fourth-order valence-corrected chi connectivity index (χ4v) is 2.35. The second kappa shape index (κ2) is 6.70. The second-order valence-corrected chi connectivity index (χ2v) is 5.48. The Morgan fingerprint density at radius 2 is 2.09 bits per heavy atom. The molecular weight excluding hydrogens is 294 g/mol. The molecule has 0 atom stereocenters. The van der Waals surface area contributed by atoms with Crippen LogP contribution >= 0.6 is 0 Å². The summed E-state index contributed by atoms with van der Waals surface area (Å²) in [5, 5.41) is 0. The van der Waals surface area contributed by atoms with Gasteiger partial charge in [-0.1, -0.05) is 0 Å². The van der Waals surface area contributed by atoms with Gasteiger partial charge in [-0.3, -0.25) is 9.78 Å². The monoisotopic (exact) mass is 313 g/mol. The topological polar surface area (TPSA) is 71.5 Å². The second-order valence-electron chi connectivity index (χ2n) is 5.48. The largest absolute Gasteiger partial charge is 0.383 e. The number of hydrogen-bond acceptors (Lipinski definition) is 7. The average Bonchev–Trinajstić information content (AvgIpc) is 2.59. The van der Waals surface area contributed by atoms with Crippen LogP contribution in [0.4, 0.5) is 5.82 Å². The summed E-state index contributed by atoms with van der Waals surface area (Å²) in [6, 6.07) is 3.66. The molecule has 1 aliphatic rings. The van der Waals surface area contributed by atoms with Crippen LogP contribution in [-0.2, 0) is 4.74 Å². The highest BCUT2D eigenvalue weighted by atomic mass is 16.5. The molecule has 1 saturated heterocycles. The van der Waals surface area contributed by atoms with Gasteiger partial charge in [-0.25, -0.2) is 9.97 Å². The van der Waals surface area contributed by atoms with E-state index in [9.17, 15) is 4.79 Å². The third-order valence-corrected chi connectivity index (χ3v) is 3.49. The van der Waals surface area contributed by atoms with Gasteiger partial charge < -0.3 is 14.5 Å². The maximum atomic E-state index is 12.3. The minimum atomic E-state index is -0.223. The van der Waals surface area contributed by atoms with E-state index < -0.39 is 0 Å². The highest BCUT2D eigenvalue weighted by Gasteiger charge is 2.19. The third kappa shape index (κ3) is 3.45. The van der Waals surface area contributed by atoms with Crippen molar-refractivity contribution in [1.82, 2.24) is 19.9 Å². The predicted molar refractivity (Wildman–Crippen MR) is 87.5 cm³/mol. The van der Waals surface area contributed by atoms with Crippen molar-refractivity contribution in [2.75, 3.05) is 45.3 Å². The number of carbonyl (C=O) groups is 1. The Morgan fingerprint density at radius 1 is 1.30 bits per heavy atom. The molecule has 0 bridgehead atoms. The van der Waals surface area contributed by atoms with Gasteiger partial charge in [0.05, 0.1) is 18.7 Å². The first-order valence-electron chi connectivity index (χ1n) is 7.49. The lowest BCUT2D eigenvalue weighted by Crippen LogP contribution is -2.37. The van der Waals surface area contributed by atoms with Crippen LogP contribution in [0.1, 0.15) is 10.6 Å². The molecule has 7 nitrogen and oxygen atoms in total. The van der Waals surface area contributed by atoms with Gasteiger partial charge in [-0.15, -0.1) is 0 Å². The summed E-state index contributed by atoms with van der Waals surface area (Å²) in [5.41, 5.74) is 1.38. The molecule has 7 heteroatoms. The van der Waals surface area contributed by atoms with Crippen molar-refractivity contribution in [2.24, 2.45) is 0 Å². The van der Waals surface area contributed by atoms with Gasteiger partial charge >= 0.3 is 0 Å². The molecule has 0 saturated carbocycles. The molecule has 0 aromatic carbocycles. The molecule has 3 heterocycles. The fraction of sp³-hybridized carbons (Fsp3) is 0.375. The van der Waals surface area contributed by atoms with Gasteiger partial charge in [0.15, 0.2) is 5.82 Å². The van der Waals surface area contributed by atoms with E-state index >= 15 is 0 Å². The van der Waals surface area contributed by atoms with Crippen molar-refractivity contribution in [1.29, 1.82) is 0 Å². The summed E-state index contributed by atoms with van der Waals surface area (Å²) in [7, 11) is 3.71. The van der Waals surface area contributed by atoms with Gasteiger partial charge in [0, 0.05) is 45.7 Å². The van der Waals surface area contributed by atoms with Crippen LogP contribution in [0.5, 0.6) is 0 Å². The van der Waals surface area contributed by atoms with Crippen molar-refractivity contribution >= 4 is 22.6 Å².